The Hall–Kier alpha value is -0.616. The molecule has 1 aliphatic rings. The van der Waals surface area contributed by atoms with E-state index in [4.69, 9.17) is 0 Å². The zero-order chi connectivity index (χ0) is 11.8. The average molecular weight is 250 g/mol. The average Bonchev–Trinajstić information content (AvgIpc) is 2.16. The third kappa shape index (κ3) is 2.08. The van der Waals surface area contributed by atoms with Crippen LogP contribution < -0.4 is 4.23 Å². The first-order valence-corrected chi connectivity index (χ1v) is 12.5. The summed E-state index contributed by atoms with van der Waals surface area (Å²) >= 11 is 0. The zero-order valence-corrected chi connectivity index (χ0v) is 12.8. The minimum Gasteiger partial charge on any atom is -0.409 e. The van der Waals surface area contributed by atoms with E-state index < -0.39 is 16.5 Å². The second-order valence-electron chi connectivity index (χ2n) is 6.00. The van der Waals surface area contributed by atoms with Gasteiger partial charge >= 0.3 is 0 Å². The molecule has 2 heterocycles. The molecule has 0 radical (unpaired) electrons. The molecule has 1 aliphatic heterocycles. The van der Waals surface area contributed by atoms with Crippen molar-refractivity contribution in [2.24, 2.45) is 0 Å². The van der Waals surface area contributed by atoms with Gasteiger partial charge in [0.05, 0.1) is 0 Å². The van der Waals surface area contributed by atoms with Gasteiger partial charge in [-0.25, -0.2) is 4.98 Å². The van der Waals surface area contributed by atoms with Crippen LogP contribution in [0.15, 0.2) is 24.4 Å². The monoisotopic (exact) mass is 250 g/mol. The van der Waals surface area contributed by atoms with Crippen LogP contribution in [0, 0.1) is 0 Å². The van der Waals surface area contributed by atoms with Gasteiger partial charge < -0.3 is 4.23 Å². The second kappa shape index (κ2) is 4.00. The van der Waals surface area contributed by atoms with Gasteiger partial charge in [-0.05, 0) is 24.2 Å². The summed E-state index contributed by atoms with van der Waals surface area (Å²) in [5, 5.41) is 0. The molecule has 0 amide bonds. The van der Waals surface area contributed by atoms with E-state index in [1.807, 2.05) is 12.3 Å². The maximum absolute atomic E-state index is 4.59. The van der Waals surface area contributed by atoms with E-state index in [0.717, 1.165) is 0 Å². The molecule has 1 saturated heterocycles. The predicted octanol–water partition coefficient (Wildman–Crippen LogP) is 3.70. The van der Waals surface area contributed by atoms with Crippen LogP contribution in [0.25, 0.3) is 0 Å². The van der Waals surface area contributed by atoms with Gasteiger partial charge in [0.15, 0.2) is 0 Å². The van der Waals surface area contributed by atoms with E-state index in [9.17, 15) is 0 Å². The van der Waals surface area contributed by atoms with Gasteiger partial charge in [-0.15, -0.1) is 0 Å². The maximum atomic E-state index is 4.59. The van der Waals surface area contributed by atoms with Crippen molar-refractivity contribution in [2.75, 3.05) is 4.23 Å². The quantitative estimate of drug-likeness (QED) is 0.707. The van der Waals surface area contributed by atoms with Crippen molar-refractivity contribution in [3.8, 4) is 0 Å². The first-order valence-electron chi connectivity index (χ1n) is 6.15. The van der Waals surface area contributed by atoms with Gasteiger partial charge in [-0.2, -0.15) is 0 Å². The number of rotatable bonds is 1. The standard InChI is InChI=1S/C12H22N2Si2/c1-15(2)10-7-11-16(3,4)14(15)12-8-5-6-9-13-12/h5-6,8-9H,7,10-11H2,1-4H3. The largest absolute Gasteiger partial charge is 0.409 e. The van der Waals surface area contributed by atoms with E-state index in [2.05, 4.69) is 47.5 Å². The van der Waals surface area contributed by atoms with Gasteiger partial charge in [0.1, 0.15) is 22.3 Å². The van der Waals surface area contributed by atoms with Crippen LogP contribution >= 0.6 is 0 Å². The fourth-order valence-corrected chi connectivity index (χ4v) is 14.7. The van der Waals surface area contributed by atoms with Crippen LogP contribution in [-0.4, -0.2) is 21.5 Å². The first kappa shape index (κ1) is 11.9. The van der Waals surface area contributed by atoms with Crippen molar-refractivity contribution in [3.63, 3.8) is 0 Å². The Kier molecular flexibility index (Phi) is 2.96. The van der Waals surface area contributed by atoms with Gasteiger partial charge in [-0.3, -0.25) is 0 Å². The summed E-state index contributed by atoms with van der Waals surface area (Å²) in [6.45, 7) is 9.98. The molecule has 0 spiro atoms. The van der Waals surface area contributed by atoms with Crippen molar-refractivity contribution in [1.29, 1.82) is 0 Å². The van der Waals surface area contributed by atoms with Crippen LogP contribution in [-0.2, 0) is 0 Å². The minimum absolute atomic E-state index is 1.23. The highest BCUT2D eigenvalue weighted by molar-refractivity contribution is 7.01. The summed E-state index contributed by atoms with van der Waals surface area (Å²) in [6, 6.07) is 9.15. The van der Waals surface area contributed by atoms with Crippen LogP contribution in [0.1, 0.15) is 6.42 Å². The zero-order valence-electron chi connectivity index (χ0n) is 10.8. The van der Waals surface area contributed by atoms with E-state index >= 15 is 0 Å². The summed E-state index contributed by atoms with van der Waals surface area (Å²) in [5.41, 5.74) is 0. The van der Waals surface area contributed by atoms with Gasteiger partial charge in [0.25, 0.3) is 0 Å². The molecule has 0 aliphatic carbocycles. The van der Waals surface area contributed by atoms with E-state index in [-0.39, 0.29) is 0 Å². The predicted molar refractivity (Wildman–Crippen MR) is 75.9 cm³/mol. The number of hydrogen-bond donors (Lipinski definition) is 0. The molecule has 0 N–H and O–H groups in total. The van der Waals surface area contributed by atoms with Gasteiger partial charge in [0, 0.05) is 6.20 Å². The number of aromatic nitrogens is 1. The lowest BCUT2D eigenvalue weighted by Gasteiger charge is -2.52. The Balaban J connectivity index is 2.41. The Labute approximate surface area is 101 Å². The smallest absolute Gasteiger partial charge is 0.143 e. The van der Waals surface area contributed by atoms with E-state index in [1.165, 1.54) is 24.3 Å². The highest BCUT2D eigenvalue weighted by Crippen LogP contribution is 2.37. The molecule has 16 heavy (non-hydrogen) atoms. The number of hydrogen-bond acceptors (Lipinski definition) is 2. The van der Waals surface area contributed by atoms with Crippen molar-refractivity contribution < 1.29 is 0 Å². The molecule has 0 atom stereocenters. The summed E-state index contributed by atoms with van der Waals surface area (Å²) in [7, 11) is -2.53. The molecule has 0 saturated carbocycles. The van der Waals surface area contributed by atoms with Crippen molar-refractivity contribution in [3.05, 3.63) is 24.4 Å². The Morgan fingerprint density at radius 1 is 1.06 bits per heavy atom. The molecule has 1 aromatic heterocycles. The van der Waals surface area contributed by atoms with E-state index in [1.54, 1.807) is 0 Å². The molecule has 0 bridgehead atoms. The molecular weight excluding hydrogens is 228 g/mol. The van der Waals surface area contributed by atoms with Crippen LogP contribution in [0.4, 0.5) is 5.82 Å². The van der Waals surface area contributed by atoms with Crippen LogP contribution in [0.5, 0.6) is 0 Å². The normalized spacial score (nSPS) is 23.1. The molecular formula is C12H22N2Si2. The molecule has 1 fully saturated rings. The molecule has 4 heteroatoms. The second-order valence-corrected chi connectivity index (χ2v) is 15.6. The summed E-state index contributed by atoms with van der Waals surface area (Å²) in [6.07, 6.45) is 3.36. The summed E-state index contributed by atoms with van der Waals surface area (Å²) in [5.74, 6) is 1.23. The first-order chi connectivity index (χ1) is 7.43. The SMILES string of the molecule is C[Si]1(C)CCC[Si](C)(C)N1c1ccccn1. The molecule has 1 aromatic rings. The van der Waals surface area contributed by atoms with Crippen molar-refractivity contribution in [2.45, 2.75) is 44.7 Å². The van der Waals surface area contributed by atoms with Crippen molar-refractivity contribution in [1.82, 2.24) is 4.98 Å². The Bertz CT molecular complexity index is 347. The lowest BCUT2D eigenvalue weighted by Crippen LogP contribution is -2.65. The highest BCUT2D eigenvalue weighted by atomic mass is 28.4. The lowest BCUT2D eigenvalue weighted by molar-refractivity contribution is 0.952. The Morgan fingerprint density at radius 3 is 2.19 bits per heavy atom. The third-order valence-corrected chi connectivity index (χ3v) is 13.3. The molecule has 0 aromatic carbocycles. The topological polar surface area (TPSA) is 16.1 Å². The maximum Gasteiger partial charge on any atom is 0.143 e. The number of anilines is 1. The third-order valence-electron chi connectivity index (χ3n) is 3.67. The molecule has 88 valence electrons. The lowest BCUT2D eigenvalue weighted by atomic mass is 10.5. The van der Waals surface area contributed by atoms with Crippen LogP contribution in [0.3, 0.4) is 0 Å². The highest BCUT2D eigenvalue weighted by Gasteiger charge is 2.44. The molecule has 0 unspecified atom stereocenters. The minimum atomic E-state index is -1.26. The summed E-state index contributed by atoms with van der Waals surface area (Å²) < 4.78 is 2.77. The molecule has 2 nitrogen and oxygen atoms in total. The van der Waals surface area contributed by atoms with Crippen molar-refractivity contribution >= 4 is 22.3 Å². The number of pyridine rings is 1. The molecule has 2 rings (SSSR count). The fraction of sp³-hybridized carbons (Fsp3) is 0.583. The van der Waals surface area contributed by atoms with Gasteiger partial charge in [0.2, 0.25) is 0 Å². The Morgan fingerprint density at radius 2 is 1.69 bits per heavy atom. The fourth-order valence-electron chi connectivity index (χ4n) is 3.10. The summed E-state index contributed by atoms with van der Waals surface area (Å²) in [4.78, 5) is 4.59. The van der Waals surface area contributed by atoms with Crippen LogP contribution in [0.2, 0.25) is 38.3 Å². The van der Waals surface area contributed by atoms with E-state index in [0.29, 0.717) is 0 Å². The van der Waals surface area contributed by atoms with Gasteiger partial charge in [-0.1, -0.05) is 38.7 Å². The number of nitrogens with zero attached hydrogens (tertiary/aromatic N) is 2.